The summed E-state index contributed by atoms with van der Waals surface area (Å²) in [6, 6.07) is 59.7. The van der Waals surface area contributed by atoms with Gasteiger partial charge in [-0.3, -0.25) is 0 Å². The Bertz CT molecular complexity index is 3700. The van der Waals surface area contributed by atoms with Crippen molar-refractivity contribution in [3.8, 4) is 44.9 Å². The summed E-state index contributed by atoms with van der Waals surface area (Å²) in [4.78, 5) is 0. The summed E-state index contributed by atoms with van der Waals surface area (Å²) >= 11 is 0. The van der Waals surface area contributed by atoms with Gasteiger partial charge in [-0.2, -0.15) is 0 Å². The van der Waals surface area contributed by atoms with Gasteiger partial charge < -0.3 is 9.13 Å². The summed E-state index contributed by atoms with van der Waals surface area (Å²) in [5, 5.41) is 4.05. The number of fused-ring (bicyclic) bond motifs is 11. The average Bonchev–Trinajstić information content (AvgIpc) is 3.91. The Labute approximate surface area is 375 Å². The lowest BCUT2D eigenvalue weighted by molar-refractivity contribution is 0.588. The van der Waals surface area contributed by atoms with Crippen LogP contribution in [-0.4, -0.2) is 15.8 Å². The van der Waals surface area contributed by atoms with Crippen LogP contribution in [0.3, 0.4) is 0 Å². The molecule has 0 saturated carbocycles. The van der Waals surface area contributed by atoms with E-state index in [9.17, 15) is 0 Å². The van der Waals surface area contributed by atoms with E-state index >= 15 is 0 Å². The van der Waals surface area contributed by atoms with Crippen molar-refractivity contribution in [2.45, 2.75) is 71.6 Å². The highest BCUT2D eigenvalue weighted by Gasteiger charge is 2.54. The fourth-order valence-electron chi connectivity index (χ4n) is 12.8. The zero-order valence-electron chi connectivity index (χ0n) is 37.9. The Morgan fingerprint density at radius 1 is 0.453 bits per heavy atom. The molecular formula is C61H49BN2. The van der Waals surface area contributed by atoms with Gasteiger partial charge in [-0.05, 0) is 115 Å². The van der Waals surface area contributed by atoms with Crippen LogP contribution in [0.2, 0.25) is 0 Å². The smallest absolute Gasteiger partial charge is 0.252 e. The number of aromatic nitrogens is 2. The molecule has 64 heavy (non-hydrogen) atoms. The number of benzene rings is 8. The summed E-state index contributed by atoms with van der Waals surface area (Å²) in [6.07, 6.45) is 0. The zero-order chi connectivity index (χ0) is 43.3. The molecule has 0 fully saturated rings. The van der Waals surface area contributed by atoms with Gasteiger partial charge in [0.15, 0.2) is 0 Å². The Hall–Kier alpha value is -6.84. The number of nitrogens with zero attached hydrogens (tertiary/aromatic N) is 2. The Balaban J connectivity index is 1.25. The monoisotopic (exact) mass is 820 g/mol. The van der Waals surface area contributed by atoms with Crippen LogP contribution in [0.1, 0.15) is 86.1 Å². The molecule has 2 nitrogen and oxygen atoms in total. The van der Waals surface area contributed by atoms with Crippen LogP contribution in [-0.2, 0) is 16.2 Å². The molecule has 0 bridgehead atoms. The molecule has 8 aromatic carbocycles. The van der Waals surface area contributed by atoms with Crippen LogP contribution in [0.5, 0.6) is 0 Å². The zero-order valence-corrected chi connectivity index (χ0v) is 37.9. The summed E-state index contributed by atoms with van der Waals surface area (Å²) in [5.41, 5.74) is 28.9. The predicted octanol–water partition coefficient (Wildman–Crippen LogP) is 13.1. The highest BCUT2D eigenvalue weighted by atomic mass is 15.1. The van der Waals surface area contributed by atoms with Gasteiger partial charge in [0.2, 0.25) is 0 Å². The normalized spacial score (nSPS) is 14.7. The molecule has 2 aromatic heterocycles. The van der Waals surface area contributed by atoms with Crippen molar-refractivity contribution >= 4 is 55.8 Å². The third kappa shape index (κ3) is 4.29. The van der Waals surface area contributed by atoms with Crippen LogP contribution in [0.15, 0.2) is 152 Å². The Morgan fingerprint density at radius 2 is 1.03 bits per heavy atom. The van der Waals surface area contributed by atoms with Crippen LogP contribution in [0, 0.1) is 13.8 Å². The summed E-state index contributed by atoms with van der Waals surface area (Å²) in [6.45, 7) is 18.7. The van der Waals surface area contributed by atoms with Crippen LogP contribution in [0.25, 0.3) is 77.6 Å². The first-order chi connectivity index (χ1) is 30.9. The number of para-hydroxylation sites is 1. The second kappa shape index (κ2) is 11.8. The third-order valence-corrected chi connectivity index (χ3v) is 15.7. The number of hydrogen-bond acceptors (Lipinski definition) is 0. The van der Waals surface area contributed by atoms with E-state index in [0.717, 1.165) is 0 Å². The molecule has 5 heterocycles. The molecule has 0 atom stereocenters. The quantitative estimate of drug-likeness (QED) is 0.154. The molecular weight excluding hydrogens is 771 g/mol. The lowest BCUT2D eigenvalue weighted by Gasteiger charge is -2.44. The maximum Gasteiger partial charge on any atom is 0.252 e. The van der Waals surface area contributed by atoms with Crippen molar-refractivity contribution in [2.75, 3.05) is 0 Å². The number of rotatable bonds is 2. The number of hydrogen-bond donors (Lipinski definition) is 0. The van der Waals surface area contributed by atoms with Gasteiger partial charge >= 0.3 is 0 Å². The molecule has 10 aromatic rings. The van der Waals surface area contributed by atoms with Gasteiger partial charge in [0.1, 0.15) is 0 Å². The standard InChI is InChI=1S/C61H49BN2/c1-34-20-24-36(25-21-34)52-42-16-13-19-49-56(42)63(54(52)37-26-22-35(2)23-27-37)51-29-28-47-58-53(51)62(49)50-33-39(60(6,7)8)31-44-43-30-38(59(3,4)5)32-48(55(43)64(58)57(44)50)61(47)45-17-11-9-14-40(45)41-15-10-12-18-46(41)61/h9-33H,1-8H3. The fraction of sp³-hybridized carbons (Fsp3) is 0.180. The van der Waals surface area contributed by atoms with Crippen LogP contribution < -0.4 is 16.4 Å². The summed E-state index contributed by atoms with van der Waals surface area (Å²) < 4.78 is 5.43. The van der Waals surface area contributed by atoms with E-state index < -0.39 is 5.41 Å². The van der Waals surface area contributed by atoms with E-state index in [0.29, 0.717) is 0 Å². The minimum atomic E-state index is -0.522. The predicted molar refractivity (Wildman–Crippen MR) is 271 cm³/mol. The molecule has 0 unspecified atom stereocenters. The van der Waals surface area contributed by atoms with E-state index in [1.54, 1.807) is 0 Å². The first-order valence-corrected chi connectivity index (χ1v) is 23.2. The summed E-state index contributed by atoms with van der Waals surface area (Å²) in [7, 11) is 0. The average molecular weight is 821 g/mol. The van der Waals surface area contributed by atoms with Crippen molar-refractivity contribution in [1.82, 2.24) is 9.13 Å². The van der Waals surface area contributed by atoms with Crippen molar-refractivity contribution in [3.05, 3.63) is 196 Å². The minimum Gasteiger partial charge on any atom is -0.310 e. The topological polar surface area (TPSA) is 9.86 Å². The maximum absolute atomic E-state index is 2.76. The van der Waals surface area contributed by atoms with Gasteiger partial charge in [-0.15, -0.1) is 0 Å². The lowest BCUT2D eigenvalue weighted by atomic mass is 9.33. The van der Waals surface area contributed by atoms with E-state index in [1.165, 1.54) is 138 Å². The van der Waals surface area contributed by atoms with E-state index in [-0.39, 0.29) is 17.5 Å². The van der Waals surface area contributed by atoms with Crippen molar-refractivity contribution in [3.63, 3.8) is 0 Å². The molecule has 0 amide bonds. The van der Waals surface area contributed by atoms with Gasteiger partial charge in [0.25, 0.3) is 6.71 Å². The number of aryl methyl sites for hydroxylation is 2. The maximum atomic E-state index is 2.76. The van der Waals surface area contributed by atoms with Gasteiger partial charge in [0.05, 0.1) is 16.6 Å². The molecule has 1 aliphatic carbocycles. The second-order valence-electron chi connectivity index (χ2n) is 21.4. The van der Waals surface area contributed by atoms with Crippen LogP contribution in [0.4, 0.5) is 0 Å². The lowest BCUT2D eigenvalue weighted by Crippen LogP contribution is -2.60. The molecule has 3 aliphatic heterocycles. The minimum absolute atomic E-state index is 0.0296. The molecule has 1 spiro atoms. The van der Waals surface area contributed by atoms with E-state index in [1.807, 2.05) is 0 Å². The van der Waals surface area contributed by atoms with Gasteiger partial charge in [0, 0.05) is 44.1 Å². The molecule has 0 N–H and O–H groups in total. The van der Waals surface area contributed by atoms with Gasteiger partial charge in [-0.1, -0.05) is 186 Å². The first-order valence-electron chi connectivity index (χ1n) is 23.2. The van der Waals surface area contributed by atoms with Crippen molar-refractivity contribution < 1.29 is 0 Å². The molecule has 306 valence electrons. The molecule has 14 rings (SSSR count). The third-order valence-electron chi connectivity index (χ3n) is 15.7. The van der Waals surface area contributed by atoms with E-state index in [2.05, 4.69) is 216 Å². The first kappa shape index (κ1) is 36.6. The Morgan fingerprint density at radius 3 is 1.67 bits per heavy atom. The second-order valence-corrected chi connectivity index (χ2v) is 21.4. The molecule has 0 radical (unpaired) electrons. The highest BCUT2D eigenvalue weighted by molar-refractivity contribution is 7.00. The Kier molecular flexibility index (Phi) is 6.77. The fourth-order valence-corrected chi connectivity index (χ4v) is 12.8. The van der Waals surface area contributed by atoms with Crippen LogP contribution >= 0.6 is 0 Å². The van der Waals surface area contributed by atoms with Crippen molar-refractivity contribution in [1.29, 1.82) is 0 Å². The van der Waals surface area contributed by atoms with Crippen molar-refractivity contribution in [2.24, 2.45) is 0 Å². The summed E-state index contributed by atoms with van der Waals surface area (Å²) in [5.74, 6) is 0. The van der Waals surface area contributed by atoms with E-state index in [4.69, 9.17) is 0 Å². The largest absolute Gasteiger partial charge is 0.310 e. The molecule has 3 heteroatoms. The van der Waals surface area contributed by atoms with Gasteiger partial charge in [-0.25, -0.2) is 0 Å². The molecule has 0 saturated heterocycles. The highest BCUT2D eigenvalue weighted by Crippen LogP contribution is 2.62. The SMILES string of the molecule is Cc1ccc(-c2c(-c3ccc(C)cc3)n3c4c(cccc24)B2c4c-3ccc3c4-n4c5c2cc(C(C)(C)C)cc5c2cc(C(C)(C)C)cc(c24)C32c3ccccc3-c3ccccc32)cc1. The molecule has 4 aliphatic rings.